The van der Waals surface area contributed by atoms with E-state index in [4.69, 9.17) is 9.15 Å². The van der Waals surface area contributed by atoms with Crippen molar-refractivity contribution in [2.45, 2.75) is 31.8 Å². The molecule has 1 aliphatic carbocycles. The van der Waals surface area contributed by atoms with Gasteiger partial charge in [-0.1, -0.05) is 60.7 Å². The second-order valence-electron chi connectivity index (χ2n) is 8.78. The third-order valence-electron chi connectivity index (χ3n) is 6.25. The minimum absolute atomic E-state index is 0.0497. The number of benzene rings is 2. The summed E-state index contributed by atoms with van der Waals surface area (Å²) in [5.41, 5.74) is 2.22. The van der Waals surface area contributed by atoms with Crippen molar-refractivity contribution in [1.82, 2.24) is 9.80 Å². The molecule has 178 valence electrons. The molecule has 6 heteroatoms. The fourth-order valence-corrected chi connectivity index (χ4v) is 4.33. The van der Waals surface area contributed by atoms with Crippen molar-refractivity contribution < 1.29 is 18.7 Å². The number of hydrogen-bond acceptors (Lipinski definition) is 4. The zero-order valence-corrected chi connectivity index (χ0v) is 19.6. The number of rotatable bonds is 12. The van der Waals surface area contributed by atoms with E-state index in [1.165, 1.54) is 5.56 Å². The van der Waals surface area contributed by atoms with Crippen LogP contribution in [0.15, 0.2) is 83.5 Å². The van der Waals surface area contributed by atoms with Crippen molar-refractivity contribution in [3.63, 3.8) is 0 Å². The summed E-state index contributed by atoms with van der Waals surface area (Å²) in [5, 5.41) is 0. The summed E-state index contributed by atoms with van der Waals surface area (Å²) in [4.78, 5) is 30.4. The maximum absolute atomic E-state index is 13.5. The summed E-state index contributed by atoms with van der Waals surface area (Å²) in [6.07, 6.45) is 3.13. The number of furan rings is 1. The molecular formula is C28H32N2O4. The predicted molar refractivity (Wildman–Crippen MR) is 130 cm³/mol. The molecule has 1 fully saturated rings. The van der Waals surface area contributed by atoms with Gasteiger partial charge in [0.1, 0.15) is 5.76 Å². The summed E-state index contributed by atoms with van der Waals surface area (Å²) >= 11 is 0. The van der Waals surface area contributed by atoms with Gasteiger partial charge in [0.25, 0.3) is 0 Å². The van der Waals surface area contributed by atoms with Crippen LogP contribution in [0.25, 0.3) is 0 Å². The smallest absolute Gasteiger partial charge is 0.242 e. The van der Waals surface area contributed by atoms with E-state index in [1.54, 1.807) is 23.2 Å². The van der Waals surface area contributed by atoms with Crippen molar-refractivity contribution in [1.29, 1.82) is 0 Å². The molecule has 3 aromatic rings. The van der Waals surface area contributed by atoms with E-state index in [0.717, 1.165) is 12.0 Å². The third-order valence-corrected chi connectivity index (χ3v) is 6.25. The van der Waals surface area contributed by atoms with E-state index in [1.807, 2.05) is 60.7 Å². The molecule has 0 N–H and O–H groups in total. The Morgan fingerprint density at radius 3 is 2.35 bits per heavy atom. The predicted octanol–water partition coefficient (Wildman–Crippen LogP) is 4.48. The molecule has 1 saturated carbocycles. The van der Waals surface area contributed by atoms with Crippen LogP contribution < -0.4 is 0 Å². The molecular weight excluding hydrogens is 428 g/mol. The third kappa shape index (κ3) is 6.35. The second-order valence-corrected chi connectivity index (χ2v) is 8.78. The monoisotopic (exact) mass is 460 g/mol. The lowest BCUT2D eigenvalue weighted by Gasteiger charge is -2.27. The Kier molecular flexibility index (Phi) is 8.15. The molecule has 4 rings (SSSR count). The number of carbonyl (C=O) groups is 2. The summed E-state index contributed by atoms with van der Waals surface area (Å²) in [6, 6.07) is 23.7. The molecule has 1 aromatic heterocycles. The van der Waals surface area contributed by atoms with Crippen molar-refractivity contribution >= 4 is 11.8 Å². The highest BCUT2D eigenvalue weighted by atomic mass is 16.5. The first-order valence-electron chi connectivity index (χ1n) is 11.8. The van der Waals surface area contributed by atoms with Gasteiger partial charge < -0.3 is 19.0 Å². The number of ether oxygens (including phenoxy) is 1. The number of carbonyl (C=O) groups excluding carboxylic acids is 2. The Bertz CT molecular complexity index is 1040. The Balaban J connectivity index is 1.46. The normalized spacial score (nSPS) is 16.7. The van der Waals surface area contributed by atoms with Crippen LogP contribution in [0.5, 0.6) is 0 Å². The van der Waals surface area contributed by atoms with E-state index < -0.39 is 0 Å². The average Bonchev–Trinajstić information content (AvgIpc) is 3.51. The van der Waals surface area contributed by atoms with E-state index >= 15 is 0 Å². The van der Waals surface area contributed by atoms with Crippen LogP contribution in [0.4, 0.5) is 0 Å². The highest BCUT2D eigenvalue weighted by Gasteiger charge is 2.46. The van der Waals surface area contributed by atoms with Crippen LogP contribution in [0.3, 0.4) is 0 Å². The van der Waals surface area contributed by atoms with E-state index in [2.05, 4.69) is 12.1 Å². The Hall–Kier alpha value is -3.38. The van der Waals surface area contributed by atoms with Crippen molar-refractivity contribution in [3.05, 3.63) is 95.9 Å². The topological polar surface area (TPSA) is 63.0 Å². The Morgan fingerprint density at radius 2 is 1.68 bits per heavy atom. The van der Waals surface area contributed by atoms with Crippen LogP contribution in [-0.2, 0) is 27.4 Å². The highest BCUT2D eigenvalue weighted by Crippen LogP contribution is 2.48. The molecule has 0 bridgehead atoms. The van der Waals surface area contributed by atoms with Gasteiger partial charge in [-0.3, -0.25) is 9.59 Å². The van der Waals surface area contributed by atoms with E-state index in [-0.39, 0.29) is 30.2 Å². The van der Waals surface area contributed by atoms with Crippen LogP contribution in [-0.4, -0.2) is 48.4 Å². The first-order chi connectivity index (χ1) is 16.7. The maximum atomic E-state index is 13.5. The average molecular weight is 461 g/mol. The maximum Gasteiger partial charge on any atom is 0.242 e. The lowest BCUT2D eigenvalue weighted by molar-refractivity contribution is -0.142. The lowest BCUT2D eigenvalue weighted by Crippen LogP contribution is -2.43. The van der Waals surface area contributed by atoms with Crippen LogP contribution >= 0.6 is 0 Å². The number of amides is 2. The van der Waals surface area contributed by atoms with Gasteiger partial charge in [-0.2, -0.15) is 0 Å². The lowest BCUT2D eigenvalue weighted by atomic mass is 10.1. The zero-order chi connectivity index (χ0) is 23.8. The highest BCUT2D eigenvalue weighted by molar-refractivity contribution is 5.88. The standard InChI is InChI=1S/C28H32N2O4/c1-33-16-9-15-29(28(32)26-18-25(26)23-12-6-3-7-13-23)21-27(31)30(20-24-14-8-17-34-24)19-22-10-4-2-5-11-22/h2-8,10-14,17,25-26H,9,15-16,18-21H2,1H3. The quantitative estimate of drug-likeness (QED) is 0.374. The second kappa shape index (κ2) is 11.7. The van der Waals surface area contributed by atoms with Gasteiger partial charge in [-0.05, 0) is 42.0 Å². The first-order valence-corrected chi connectivity index (χ1v) is 11.8. The molecule has 2 unspecified atom stereocenters. The van der Waals surface area contributed by atoms with Gasteiger partial charge in [0.2, 0.25) is 11.8 Å². The van der Waals surface area contributed by atoms with Crippen LogP contribution in [0, 0.1) is 5.92 Å². The summed E-state index contributed by atoms with van der Waals surface area (Å²) < 4.78 is 10.7. The minimum Gasteiger partial charge on any atom is -0.467 e. The van der Waals surface area contributed by atoms with Gasteiger partial charge in [0.05, 0.1) is 19.4 Å². The fourth-order valence-electron chi connectivity index (χ4n) is 4.33. The molecule has 0 saturated heterocycles. The van der Waals surface area contributed by atoms with Crippen molar-refractivity contribution in [2.24, 2.45) is 5.92 Å². The molecule has 0 aliphatic heterocycles. The van der Waals surface area contributed by atoms with Gasteiger partial charge in [-0.15, -0.1) is 0 Å². The molecule has 2 amide bonds. The van der Waals surface area contributed by atoms with Crippen LogP contribution in [0.1, 0.15) is 35.6 Å². The van der Waals surface area contributed by atoms with Gasteiger partial charge in [0, 0.05) is 32.7 Å². The zero-order valence-electron chi connectivity index (χ0n) is 19.6. The van der Waals surface area contributed by atoms with Gasteiger partial charge in [0.15, 0.2) is 0 Å². The van der Waals surface area contributed by atoms with Crippen molar-refractivity contribution in [2.75, 3.05) is 26.8 Å². The largest absolute Gasteiger partial charge is 0.467 e. The molecule has 2 aromatic carbocycles. The molecule has 1 aliphatic rings. The Labute approximate surface area is 201 Å². The number of hydrogen-bond donors (Lipinski definition) is 0. The van der Waals surface area contributed by atoms with Gasteiger partial charge in [-0.25, -0.2) is 0 Å². The molecule has 0 spiro atoms. The summed E-state index contributed by atoms with van der Waals surface area (Å²) in [6.45, 7) is 1.91. The Morgan fingerprint density at radius 1 is 0.941 bits per heavy atom. The SMILES string of the molecule is COCCCN(CC(=O)N(Cc1ccccc1)Cc1ccco1)C(=O)C1CC1c1ccccc1. The van der Waals surface area contributed by atoms with E-state index in [0.29, 0.717) is 38.4 Å². The minimum atomic E-state index is -0.0945. The van der Waals surface area contributed by atoms with Gasteiger partial charge >= 0.3 is 0 Å². The first kappa shape index (κ1) is 23.8. The molecule has 34 heavy (non-hydrogen) atoms. The fraction of sp³-hybridized carbons (Fsp3) is 0.357. The molecule has 2 atom stereocenters. The summed E-state index contributed by atoms with van der Waals surface area (Å²) in [5.74, 6) is 0.842. The number of methoxy groups -OCH3 is 1. The number of nitrogens with zero attached hydrogens (tertiary/aromatic N) is 2. The van der Waals surface area contributed by atoms with E-state index in [9.17, 15) is 9.59 Å². The van der Waals surface area contributed by atoms with Crippen LogP contribution in [0.2, 0.25) is 0 Å². The van der Waals surface area contributed by atoms with Crippen molar-refractivity contribution in [3.8, 4) is 0 Å². The summed E-state index contributed by atoms with van der Waals surface area (Å²) in [7, 11) is 1.65. The molecule has 6 nitrogen and oxygen atoms in total. The molecule has 0 radical (unpaired) electrons. The molecule has 1 heterocycles.